The monoisotopic (exact) mass is 299 g/mol. The van der Waals surface area contributed by atoms with E-state index in [1.165, 1.54) is 10.6 Å². The van der Waals surface area contributed by atoms with Gasteiger partial charge in [-0.2, -0.15) is 0 Å². The lowest BCUT2D eigenvalue weighted by Crippen LogP contribution is -2.31. The van der Waals surface area contributed by atoms with Gasteiger partial charge in [0, 0.05) is 0 Å². The zero-order valence-electron chi connectivity index (χ0n) is 12.4. The van der Waals surface area contributed by atoms with E-state index in [1.54, 1.807) is 24.3 Å². The molecule has 0 spiro atoms. The lowest BCUT2D eigenvalue weighted by atomic mass is 10.1. The summed E-state index contributed by atoms with van der Waals surface area (Å²) in [4.78, 5) is 17.1. The van der Waals surface area contributed by atoms with E-state index in [4.69, 9.17) is 5.73 Å². The van der Waals surface area contributed by atoms with Crippen LogP contribution in [0, 0.1) is 0 Å². The van der Waals surface area contributed by atoms with Crippen molar-refractivity contribution in [1.82, 2.24) is 9.55 Å². The molecular weight excluding hydrogens is 281 g/mol. The summed E-state index contributed by atoms with van der Waals surface area (Å²) in [5, 5.41) is 0. The summed E-state index contributed by atoms with van der Waals surface area (Å²) >= 11 is 0. The summed E-state index contributed by atoms with van der Waals surface area (Å²) in [6.45, 7) is 8.70. The number of para-hydroxylation sites is 1. The Labute approximate surface area is 128 Å². The highest BCUT2D eigenvalue weighted by atomic mass is 19.1. The number of nitrogens with two attached hydrogens (primary N) is 1. The first-order valence-corrected chi connectivity index (χ1v) is 6.96. The first-order chi connectivity index (χ1) is 10.5. The molecule has 2 aromatic rings. The average molecular weight is 299 g/mol. The summed E-state index contributed by atoms with van der Waals surface area (Å²) in [7, 11) is 0. The lowest BCUT2D eigenvalue weighted by Gasteiger charge is -2.18. The molecule has 5 heteroatoms. The predicted octanol–water partition coefficient (Wildman–Crippen LogP) is 3.23. The van der Waals surface area contributed by atoms with Crippen molar-refractivity contribution >= 4 is 11.9 Å². The molecule has 0 fully saturated rings. The number of benzene rings is 1. The zero-order valence-corrected chi connectivity index (χ0v) is 12.4. The van der Waals surface area contributed by atoms with Gasteiger partial charge in [0.25, 0.3) is 5.56 Å². The third kappa shape index (κ3) is 2.76. The second-order valence-electron chi connectivity index (χ2n) is 4.83. The van der Waals surface area contributed by atoms with Crippen molar-refractivity contribution in [3.8, 4) is 5.69 Å². The smallest absolute Gasteiger partial charge is 0.268 e. The lowest BCUT2D eigenvalue weighted by molar-refractivity contribution is 0.612. The molecule has 114 valence electrons. The van der Waals surface area contributed by atoms with E-state index in [0.29, 0.717) is 17.9 Å². The molecule has 0 saturated heterocycles. The van der Waals surface area contributed by atoms with Crippen LogP contribution in [0.2, 0.25) is 0 Å². The standard InChI is InChI=1S/C17H18FN3O/c1-4-13(19)16-20-14(5-2)15(11(3)18)17(22)21(16)12-9-7-6-8-10-12/h5-10,13H,2-4,19H2,1H3. The van der Waals surface area contributed by atoms with E-state index in [2.05, 4.69) is 18.1 Å². The van der Waals surface area contributed by atoms with Crippen LogP contribution in [-0.4, -0.2) is 9.55 Å². The first kappa shape index (κ1) is 15.9. The second kappa shape index (κ2) is 6.49. The van der Waals surface area contributed by atoms with Crippen molar-refractivity contribution in [1.29, 1.82) is 0 Å². The fourth-order valence-electron chi connectivity index (χ4n) is 2.22. The van der Waals surface area contributed by atoms with Crippen LogP contribution in [0.5, 0.6) is 0 Å². The van der Waals surface area contributed by atoms with Crippen molar-refractivity contribution in [2.45, 2.75) is 19.4 Å². The van der Waals surface area contributed by atoms with Crippen LogP contribution in [0.1, 0.15) is 36.5 Å². The van der Waals surface area contributed by atoms with Gasteiger partial charge in [0.2, 0.25) is 0 Å². The van der Waals surface area contributed by atoms with Crippen LogP contribution in [0.15, 0.2) is 48.3 Å². The number of aromatic nitrogens is 2. The minimum atomic E-state index is -0.839. The maximum absolute atomic E-state index is 13.7. The minimum absolute atomic E-state index is 0.156. The van der Waals surface area contributed by atoms with Crippen LogP contribution in [0.3, 0.4) is 0 Å². The topological polar surface area (TPSA) is 60.9 Å². The molecule has 0 aliphatic carbocycles. The van der Waals surface area contributed by atoms with Gasteiger partial charge in [-0.25, -0.2) is 9.37 Å². The van der Waals surface area contributed by atoms with E-state index >= 15 is 0 Å². The van der Waals surface area contributed by atoms with E-state index in [-0.39, 0.29) is 11.3 Å². The fraction of sp³-hybridized carbons (Fsp3) is 0.176. The molecule has 0 bridgehead atoms. The van der Waals surface area contributed by atoms with Crippen molar-refractivity contribution < 1.29 is 4.39 Å². The van der Waals surface area contributed by atoms with Crippen LogP contribution in [0.4, 0.5) is 4.39 Å². The molecule has 2 N–H and O–H groups in total. The van der Waals surface area contributed by atoms with Crippen LogP contribution >= 0.6 is 0 Å². The average Bonchev–Trinajstić information content (AvgIpc) is 2.53. The number of hydrogen-bond acceptors (Lipinski definition) is 3. The number of nitrogens with zero attached hydrogens (tertiary/aromatic N) is 2. The summed E-state index contributed by atoms with van der Waals surface area (Å²) in [5.74, 6) is -0.465. The molecular formula is C17H18FN3O. The van der Waals surface area contributed by atoms with Gasteiger partial charge in [0.15, 0.2) is 0 Å². The first-order valence-electron chi connectivity index (χ1n) is 6.96. The Morgan fingerprint density at radius 2 is 2.09 bits per heavy atom. The molecule has 22 heavy (non-hydrogen) atoms. The largest absolute Gasteiger partial charge is 0.321 e. The highest BCUT2D eigenvalue weighted by molar-refractivity contribution is 5.66. The Balaban J connectivity index is 2.90. The minimum Gasteiger partial charge on any atom is -0.321 e. The third-order valence-corrected chi connectivity index (χ3v) is 3.39. The van der Waals surface area contributed by atoms with Gasteiger partial charge in [0.1, 0.15) is 17.2 Å². The van der Waals surface area contributed by atoms with Crippen LogP contribution < -0.4 is 11.3 Å². The van der Waals surface area contributed by atoms with Gasteiger partial charge in [-0.05, 0) is 24.6 Å². The molecule has 1 unspecified atom stereocenters. The maximum Gasteiger partial charge on any atom is 0.268 e. The van der Waals surface area contributed by atoms with Gasteiger partial charge >= 0.3 is 0 Å². The molecule has 0 amide bonds. The number of halogens is 1. The molecule has 4 nitrogen and oxygen atoms in total. The van der Waals surface area contributed by atoms with Crippen molar-refractivity contribution in [2.75, 3.05) is 0 Å². The Kier molecular flexibility index (Phi) is 4.68. The van der Waals surface area contributed by atoms with E-state index < -0.39 is 17.4 Å². The maximum atomic E-state index is 13.7. The van der Waals surface area contributed by atoms with Gasteiger partial charge in [-0.15, -0.1) is 0 Å². The Hall–Kier alpha value is -2.53. The fourth-order valence-corrected chi connectivity index (χ4v) is 2.22. The molecule has 0 aliphatic heterocycles. The van der Waals surface area contributed by atoms with Gasteiger partial charge in [-0.1, -0.05) is 38.3 Å². The van der Waals surface area contributed by atoms with E-state index in [9.17, 15) is 9.18 Å². The second-order valence-corrected chi connectivity index (χ2v) is 4.83. The summed E-state index contributed by atoms with van der Waals surface area (Å²) in [5.41, 5.74) is 6.09. The van der Waals surface area contributed by atoms with Gasteiger partial charge < -0.3 is 5.73 Å². The Morgan fingerprint density at radius 3 is 2.59 bits per heavy atom. The van der Waals surface area contributed by atoms with Crippen molar-refractivity contribution in [2.24, 2.45) is 5.73 Å². The van der Waals surface area contributed by atoms with E-state index in [1.807, 2.05) is 13.0 Å². The third-order valence-electron chi connectivity index (χ3n) is 3.39. The number of rotatable bonds is 5. The van der Waals surface area contributed by atoms with E-state index in [0.717, 1.165) is 0 Å². The summed E-state index contributed by atoms with van der Waals surface area (Å²) in [6, 6.07) is 8.44. The highest BCUT2D eigenvalue weighted by Crippen LogP contribution is 2.21. The summed E-state index contributed by atoms with van der Waals surface area (Å²) < 4.78 is 15.1. The quantitative estimate of drug-likeness (QED) is 0.922. The molecule has 1 aromatic heterocycles. The van der Waals surface area contributed by atoms with Gasteiger partial charge in [-0.3, -0.25) is 9.36 Å². The van der Waals surface area contributed by atoms with Crippen molar-refractivity contribution in [3.05, 3.63) is 70.9 Å². The highest BCUT2D eigenvalue weighted by Gasteiger charge is 2.21. The zero-order chi connectivity index (χ0) is 16.3. The predicted molar refractivity (Wildman–Crippen MR) is 87.3 cm³/mol. The molecule has 2 rings (SSSR count). The molecule has 1 heterocycles. The molecule has 1 atom stereocenters. The van der Waals surface area contributed by atoms with Crippen molar-refractivity contribution in [3.63, 3.8) is 0 Å². The number of hydrogen-bond donors (Lipinski definition) is 1. The van der Waals surface area contributed by atoms with Gasteiger partial charge in [0.05, 0.1) is 17.4 Å². The molecule has 0 saturated carbocycles. The van der Waals surface area contributed by atoms with Crippen LogP contribution in [0.25, 0.3) is 17.6 Å². The molecule has 0 aliphatic rings. The Bertz CT molecular complexity index is 765. The molecule has 0 radical (unpaired) electrons. The molecule has 1 aromatic carbocycles. The normalized spacial score (nSPS) is 12.0. The van der Waals surface area contributed by atoms with Crippen LogP contribution in [-0.2, 0) is 0 Å². The Morgan fingerprint density at radius 1 is 1.45 bits per heavy atom. The SMILES string of the molecule is C=Cc1nc(C(N)CC)n(-c2ccccc2)c(=O)c1C(=C)F. The summed E-state index contributed by atoms with van der Waals surface area (Å²) in [6.07, 6.45) is 1.93.